The van der Waals surface area contributed by atoms with Gasteiger partial charge in [-0.25, -0.2) is 0 Å². The molecule has 20 heavy (non-hydrogen) atoms. The molecule has 1 fully saturated rings. The van der Waals surface area contributed by atoms with Crippen LogP contribution in [-0.4, -0.2) is 23.1 Å². The number of thioether (sulfide) groups is 1. The summed E-state index contributed by atoms with van der Waals surface area (Å²) in [6, 6.07) is 6.83. The van der Waals surface area contributed by atoms with Crippen LogP contribution in [0.15, 0.2) is 22.7 Å². The second-order valence-electron chi connectivity index (χ2n) is 6.00. The van der Waals surface area contributed by atoms with Crippen molar-refractivity contribution in [1.29, 1.82) is 0 Å². The minimum Gasteiger partial charge on any atom is -0.486 e. The van der Waals surface area contributed by atoms with Crippen LogP contribution >= 0.6 is 27.7 Å². The topological polar surface area (TPSA) is 21.3 Å². The van der Waals surface area contributed by atoms with Crippen molar-refractivity contribution in [2.45, 2.75) is 50.0 Å². The van der Waals surface area contributed by atoms with Crippen molar-refractivity contribution >= 4 is 27.7 Å². The summed E-state index contributed by atoms with van der Waals surface area (Å²) in [5.41, 5.74) is 1.35. The van der Waals surface area contributed by atoms with Crippen molar-refractivity contribution in [3.63, 3.8) is 0 Å². The van der Waals surface area contributed by atoms with Gasteiger partial charge in [-0.1, -0.05) is 29.8 Å². The van der Waals surface area contributed by atoms with Crippen molar-refractivity contribution in [3.05, 3.63) is 28.2 Å². The molecule has 0 bridgehead atoms. The van der Waals surface area contributed by atoms with E-state index in [1.165, 1.54) is 12.0 Å². The highest BCUT2D eigenvalue weighted by atomic mass is 79.9. The zero-order valence-corrected chi connectivity index (χ0v) is 14.5. The highest BCUT2D eigenvalue weighted by Crippen LogP contribution is 2.48. The Morgan fingerprint density at radius 2 is 2.30 bits per heavy atom. The normalized spacial score (nSPS) is 32.1. The molecule has 2 aliphatic rings. The van der Waals surface area contributed by atoms with Crippen LogP contribution in [0.1, 0.15) is 44.7 Å². The van der Waals surface area contributed by atoms with Crippen molar-refractivity contribution in [2.75, 3.05) is 12.3 Å². The Kier molecular flexibility index (Phi) is 4.34. The van der Waals surface area contributed by atoms with E-state index in [4.69, 9.17) is 4.74 Å². The molecule has 110 valence electrons. The molecule has 1 aromatic carbocycles. The number of hydrogen-bond acceptors (Lipinski definition) is 3. The van der Waals surface area contributed by atoms with E-state index in [9.17, 15) is 0 Å². The minimum atomic E-state index is 0.0380. The van der Waals surface area contributed by atoms with E-state index in [1.54, 1.807) is 0 Å². The molecular formula is C16H22BrNOS. The van der Waals surface area contributed by atoms with Gasteiger partial charge in [0, 0.05) is 33.5 Å². The molecule has 2 nitrogen and oxygen atoms in total. The van der Waals surface area contributed by atoms with Gasteiger partial charge in [-0.05, 0) is 37.6 Å². The molecule has 3 atom stereocenters. The van der Waals surface area contributed by atoms with Gasteiger partial charge < -0.3 is 10.1 Å². The number of hydrogen-bond donors (Lipinski definition) is 1. The second kappa shape index (κ2) is 5.90. The number of halogens is 1. The van der Waals surface area contributed by atoms with Gasteiger partial charge in [0.25, 0.3) is 0 Å². The van der Waals surface area contributed by atoms with E-state index in [1.807, 2.05) is 11.8 Å². The van der Waals surface area contributed by atoms with Gasteiger partial charge in [0.15, 0.2) is 0 Å². The summed E-state index contributed by atoms with van der Waals surface area (Å²) in [7, 11) is 0. The van der Waals surface area contributed by atoms with Crippen LogP contribution in [0.3, 0.4) is 0 Å². The van der Waals surface area contributed by atoms with Gasteiger partial charge in [0.2, 0.25) is 0 Å². The van der Waals surface area contributed by atoms with Gasteiger partial charge in [-0.15, -0.1) is 0 Å². The van der Waals surface area contributed by atoms with Crippen LogP contribution in [0.4, 0.5) is 0 Å². The number of rotatable bonds is 3. The molecule has 3 rings (SSSR count). The third-order valence-corrected chi connectivity index (χ3v) is 6.10. The maximum absolute atomic E-state index is 6.43. The molecular weight excluding hydrogens is 334 g/mol. The summed E-state index contributed by atoms with van der Waals surface area (Å²) < 4.78 is 7.57. The Labute approximate surface area is 134 Å². The van der Waals surface area contributed by atoms with Crippen molar-refractivity contribution in [2.24, 2.45) is 0 Å². The molecule has 0 amide bonds. The van der Waals surface area contributed by atoms with Crippen LogP contribution in [-0.2, 0) is 0 Å². The SMILES string of the molecule is CCCNC1CC2(CSC(C)C2)Oc2ccc(Br)cc21. The number of benzene rings is 1. The maximum Gasteiger partial charge on any atom is 0.125 e. The predicted molar refractivity (Wildman–Crippen MR) is 89.7 cm³/mol. The third kappa shape index (κ3) is 2.88. The second-order valence-corrected chi connectivity index (χ2v) is 8.35. The Bertz CT molecular complexity index is 495. The summed E-state index contributed by atoms with van der Waals surface area (Å²) >= 11 is 5.63. The van der Waals surface area contributed by atoms with Gasteiger partial charge in [0.1, 0.15) is 11.4 Å². The molecule has 4 heteroatoms. The Balaban J connectivity index is 1.91. The average molecular weight is 356 g/mol. The van der Waals surface area contributed by atoms with Gasteiger partial charge in [-0.3, -0.25) is 0 Å². The lowest BCUT2D eigenvalue weighted by Crippen LogP contribution is -2.44. The number of nitrogens with one attached hydrogen (secondary N) is 1. The largest absolute Gasteiger partial charge is 0.486 e. The van der Waals surface area contributed by atoms with E-state index in [-0.39, 0.29) is 5.60 Å². The van der Waals surface area contributed by atoms with Crippen LogP contribution in [0.5, 0.6) is 5.75 Å². The summed E-state index contributed by atoms with van der Waals surface area (Å²) in [4.78, 5) is 0. The molecule has 2 heterocycles. The van der Waals surface area contributed by atoms with Gasteiger partial charge >= 0.3 is 0 Å². The predicted octanol–water partition coefficient (Wildman–Crippen LogP) is 4.54. The maximum atomic E-state index is 6.43. The van der Waals surface area contributed by atoms with E-state index in [0.717, 1.165) is 35.4 Å². The first-order valence-corrected chi connectivity index (χ1v) is 9.29. The first kappa shape index (κ1) is 14.7. The van der Waals surface area contributed by atoms with Crippen LogP contribution in [0.25, 0.3) is 0 Å². The minimum absolute atomic E-state index is 0.0380. The Hall–Kier alpha value is -0.190. The fraction of sp³-hybridized carbons (Fsp3) is 0.625. The van der Waals surface area contributed by atoms with Crippen molar-refractivity contribution in [1.82, 2.24) is 5.32 Å². The Morgan fingerprint density at radius 3 is 3.00 bits per heavy atom. The molecule has 0 aliphatic carbocycles. The Morgan fingerprint density at radius 1 is 1.45 bits per heavy atom. The molecule has 1 saturated heterocycles. The summed E-state index contributed by atoms with van der Waals surface area (Å²) in [6.45, 7) is 5.60. The zero-order chi connectivity index (χ0) is 14.2. The summed E-state index contributed by atoms with van der Waals surface area (Å²) in [5.74, 6) is 2.19. The van der Waals surface area contributed by atoms with Crippen molar-refractivity contribution in [3.8, 4) is 5.75 Å². The number of ether oxygens (including phenoxy) is 1. The van der Waals surface area contributed by atoms with Gasteiger partial charge in [-0.2, -0.15) is 11.8 Å². The fourth-order valence-corrected chi connectivity index (χ4v) is 4.97. The number of fused-ring (bicyclic) bond motifs is 1. The van der Waals surface area contributed by atoms with Crippen molar-refractivity contribution < 1.29 is 4.74 Å². The van der Waals surface area contributed by atoms with E-state index >= 15 is 0 Å². The smallest absolute Gasteiger partial charge is 0.125 e. The lowest BCUT2D eigenvalue weighted by atomic mass is 9.85. The highest BCUT2D eigenvalue weighted by molar-refractivity contribution is 9.10. The molecule has 0 aromatic heterocycles. The first-order valence-electron chi connectivity index (χ1n) is 7.45. The van der Waals surface area contributed by atoms with Crippen LogP contribution in [0, 0.1) is 0 Å². The monoisotopic (exact) mass is 355 g/mol. The average Bonchev–Trinajstić information content (AvgIpc) is 2.77. The van der Waals surface area contributed by atoms with Gasteiger partial charge in [0.05, 0.1) is 0 Å². The van der Waals surface area contributed by atoms with Crippen LogP contribution < -0.4 is 10.1 Å². The molecule has 1 aromatic rings. The lowest BCUT2D eigenvalue weighted by molar-refractivity contribution is 0.0513. The van der Waals surface area contributed by atoms with E-state index in [0.29, 0.717) is 11.3 Å². The first-order chi connectivity index (χ1) is 9.62. The molecule has 2 aliphatic heterocycles. The van der Waals surface area contributed by atoms with E-state index < -0.39 is 0 Å². The highest BCUT2D eigenvalue weighted by Gasteiger charge is 2.45. The molecule has 0 radical (unpaired) electrons. The van der Waals surface area contributed by atoms with E-state index in [2.05, 4.69) is 53.3 Å². The molecule has 3 unspecified atom stereocenters. The lowest BCUT2D eigenvalue weighted by Gasteiger charge is -2.40. The molecule has 0 saturated carbocycles. The quantitative estimate of drug-likeness (QED) is 0.859. The summed E-state index contributed by atoms with van der Waals surface area (Å²) in [6.07, 6.45) is 3.42. The summed E-state index contributed by atoms with van der Waals surface area (Å²) in [5, 5.41) is 4.42. The molecule has 1 spiro atoms. The fourth-order valence-electron chi connectivity index (χ4n) is 3.29. The zero-order valence-electron chi connectivity index (χ0n) is 12.1. The standard InChI is InChI=1S/C16H22BrNOS/c1-3-6-18-14-9-16(8-11(2)20-10-16)19-15-5-4-12(17)7-13(14)15/h4-5,7,11,14,18H,3,6,8-10H2,1-2H3. The molecule has 1 N–H and O–H groups in total. The van der Waals surface area contributed by atoms with Crippen LogP contribution in [0.2, 0.25) is 0 Å². The third-order valence-electron chi connectivity index (χ3n) is 4.18.